The van der Waals surface area contributed by atoms with E-state index in [1.54, 1.807) is 18.2 Å². The molecule has 0 aromatic carbocycles. The monoisotopic (exact) mass is 414 g/mol. The third kappa shape index (κ3) is 4.43. The van der Waals surface area contributed by atoms with E-state index in [0.717, 1.165) is 29.8 Å². The van der Waals surface area contributed by atoms with Crippen molar-refractivity contribution in [1.82, 2.24) is 14.9 Å². The van der Waals surface area contributed by atoms with Gasteiger partial charge >= 0.3 is 0 Å². The molecule has 0 aliphatic heterocycles. The van der Waals surface area contributed by atoms with Crippen molar-refractivity contribution >= 4 is 28.5 Å². The van der Waals surface area contributed by atoms with Crippen LogP contribution in [0.3, 0.4) is 0 Å². The molecule has 6 nitrogen and oxygen atoms in total. The maximum Gasteiger partial charge on any atom is 0.270 e. The number of allylic oxidation sites excluding steroid dienone is 9. The average molecular weight is 415 g/mol. The summed E-state index contributed by atoms with van der Waals surface area (Å²) in [5, 5.41) is 6.79. The summed E-state index contributed by atoms with van der Waals surface area (Å²) < 4.78 is 1.93. The Hall–Kier alpha value is -3.67. The summed E-state index contributed by atoms with van der Waals surface area (Å²) in [7, 11) is 0. The van der Waals surface area contributed by atoms with Gasteiger partial charge in [0.1, 0.15) is 11.5 Å². The number of rotatable bonds is 6. The van der Waals surface area contributed by atoms with Crippen molar-refractivity contribution in [2.24, 2.45) is 0 Å². The van der Waals surface area contributed by atoms with E-state index in [-0.39, 0.29) is 17.4 Å². The Morgan fingerprint density at radius 2 is 2.06 bits per heavy atom. The lowest BCUT2D eigenvalue weighted by atomic mass is 10.1. The van der Waals surface area contributed by atoms with Crippen LogP contribution in [0.1, 0.15) is 42.2 Å². The van der Waals surface area contributed by atoms with Crippen molar-refractivity contribution in [1.29, 1.82) is 0 Å². The molecule has 1 amide bonds. The highest BCUT2D eigenvalue weighted by Gasteiger charge is 2.25. The Labute approximate surface area is 181 Å². The van der Waals surface area contributed by atoms with E-state index in [0.29, 0.717) is 29.0 Å². The van der Waals surface area contributed by atoms with E-state index in [4.69, 9.17) is 0 Å². The van der Waals surface area contributed by atoms with Crippen molar-refractivity contribution in [3.05, 3.63) is 88.4 Å². The van der Waals surface area contributed by atoms with Gasteiger partial charge < -0.3 is 10.6 Å². The molecular formula is C25H26N4O2. The van der Waals surface area contributed by atoms with Crippen LogP contribution >= 0.6 is 0 Å². The van der Waals surface area contributed by atoms with E-state index < -0.39 is 0 Å². The number of anilines is 1. The fourth-order valence-electron chi connectivity index (χ4n) is 3.64. The molecule has 4 rings (SSSR count). The normalized spacial score (nSPS) is 16.1. The summed E-state index contributed by atoms with van der Waals surface area (Å²) in [6.45, 7) is 7.49. The molecule has 0 bridgehead atoms. The first-order chi connectivity index (χ1) is 15.0. The van der Waals surface area contributed by atoms with E-state index >= 15 is 0 Å². The largest absolute Gasteiger partial charge is 0.348 e. The second-order valence-electron chi connectivity index (χ2n) is 7.89. The molecule has 0 saturated heterocycles. The zero-order valence-electron chi connectivity index (χ0n) is 17.8. The van der Waals surface area contributed by atoms with Crippen molar-refractivity contribution in [3.63, 3.8) is 0 Å². The average Bonchev–Trinajstić information content (AvgIpc) is 3.55. The lowest BCUT2D eigenvalue weighted by Gasteiger charge is -2.20. The maximum atomic E-state index is 13.1. The fourth-order valence-corrected chi connectivity index (χ4v) is 3.64. The number of carbonyl (C=O) groups is 1. The van der Waals surface area contributed by atoms with Gasteiger partial charge in [0, 0.05) is 29.9 Å². The van der Waals surface area contributed by atoms with E-state index in [1.165, 1.54) is 0 Å². The molecule has 31 heavy (non-hydrogen) atoms. The van der Waals surface area contributed by atoms with E-state index in [1.807, 2.05) is 54.9 Å². The van der Waals surface area contributed by atoms with Crippen LogP contribution in [-0.4, -0.2) is 21.5 Å². The molecule has 6 heteroatoms. The predicted molar refractivity (Wildman–Crippen MR) is 126 cm³/mol. The molecule has 0 unspecified atom stereocenters. The highest BCUT2D eigenvalue weighted by molar-refractivity contribution is 5.96. The third-order valence-electron chi connectivity index (χ3n) is 5.26. The Balaban J connectivity index is 1.97. The first-order valence-electron chi connectivity index (χ1n) is 10.5. The van der Waals surface area contributed by atoms with Gasteiger partial charge in [0.15, 0.2) is 11.1 Å². The van der Waals surface area contributed by atoms with Gasteiger partial charge in [-0.05, 0) is 50.5 Å². The lowest BCUT2D eigenvalue weighted by molar-refractivity contribution is 0.0946. The van der Waals surface area contributed by atoms with Gasteiger partial charge in [-0.25, -0.2) is 4.98 Å². The molecule has 158 valence electrons. The van der Waals surface area contributed by atoms with Gasteiger partial charge in [-0.1, -0.05) is 37.0 Å². The molecule has 2 N–H and O–H groups in total. The molecule has 0 radical (unpaired) electrons. The second-order valence-corrected chi connectivity index (χ2v) is 7.89. The van der Waals surface area contributed by atoms with Gasteiger partial charge in [-0.2, -0.15) is 0 Å². The number of hydrogen-bond acceptors (Lipinski definition) is 4. The molecular weight excluding hydrogens is 388 g/mol. The van der Waals surface area contributed by atoms with Crippen LogP contribution in [0.4, 0.5) is 5.82 Å². The number of nitrogens with one attached hydrogen (secondary N) is 2. The zero-order valence-corrected chi connectivity index (χ0v) is 17.8. The first-order valence-corrected chi connectivity index (χ1v) is 10.5. The number of amides is 1. The quantitative estimate of drug-likeness (QED) is 0.685. The van der Waals surface area contributed by atoms with Gasteiger partial charge in [0.05, 0.1) is 5.39 Å². The molecule has 0 spiro atoms. The Kier molecular flexibility index (Phi) is 5.71. The van der Waals surface area contributed by atoms with Crippen LogP contribution in [0, 0.1) is 6.92 Å². The van der Waals surface area contributed by atoms with Crippen molar-refractivity contribution in [2.45, 2.75) is 39.2 Å². The van der Waals surface area contributed by atoms with Crippen molar-refractivity contribution < 1.29 is 4.79 Å². The molecule has 1 saturated carbocycles. The SMILES string of the molecule is C=C/C=C(\C)Nc1cc(=O)c2c(C)cc(C(=O)NC3CC3)nc2n1C1=CC=CC=CC1. The van der Waals surface area contributed by atoms with Gasteiger partial charge in [-0.15, -0.1) is 0 Å². The third-order valence-corrected chi connectivity index (χ3v) is 5.26. The topological polar surface area (TPSA) is 76.0 Å². The summed E-state index contributed by atoms with van der Waals surface area (Å²) in [5.74, 6) is 0.386. The Morgan fingerprint density at radius 3 is 2.81 bits per heavy atom. The summed E-state index contributed by atoms with van der Waals surface area (Å²) in [5.41, 5.74) is 3.16. The highest BCUT2D eigenvalue weighted by Crippen LogP contribution is 2.27. The maximum absolute atomic E-state index is 13.1. The number of nitrogens with zero attached hydrogens (tertiary/aromatic N) is 2. The van der Waals surface area contributed by atoms with Gasteiger partial charge in [0.25, 0.3) is 5.91 Å². The molecule has 0 atom stereocenters. The van der Waals surface area contributed by atoms with Gasteiger partial charge in [0.2, 0.25) is 0 Å². The van der Waals surface area contributed by atoms with Crippen LogP contribution < -0.4 is 16.1 Å². The predicted octanol–water partition coefficient (Wildman–Crippen LogP) is 4.46. The minimum absolute atomic E-state index is 0.139. The number of fused-ring (bicyclic) bond motifs is 1. The summed E-state index contributed by atoms with van der Waals surface area (Å²) in [6.07, 6.45) is 16.1. The summed E-state index contributed by atoms with van der Waals surface area (Å²) >= 11 is 0. The number of hydrogen-bond donors (Lipinski definition) is 2. The van der Waals surface area contributed by atoms with Gasteiger partial charge in [-0.3, -0.25) is 14.2 Å². The molecule has 2 aromatic heterocycles. The Morgan fingerprint density at radius 1 is 1.26 bits per heavy atom. The lowest BCUT2D eigenvalue weighted by Crippen LogP contribution is -2.27. The Bertz CT molecular complexity index is 1240. The second kappa shape index (κ2) is 8.60. The first kappa shape index (κ1) is 20.6. The molecule has 2 heterocycles. The summed E-state index contributed by atoms with van der Waals surface area (Å²) in [4.78, 5) is 30.5. The standard InChI is InChI=1S/C25H26N4O2/c1-4-9-17(3)26-22-15-21(30)23-16(2)14-20(25(31)27-18-12-13-18)28-24(23)29(22)19-10-7-5-6-8-11-19/h4-10,14-15,18,26H,1,11-13H2,2-3H3,(H,27,31)/b17-9+. The molecule has 2 aliphatic rings. The smallest absolute Gasteiger partial charge is 0.270 e. The van der Waals surface area contributed by atoms with Crippen LogP contribution in [0.2, 0.25) is 0 Å². The van der Waals surface area contributed by atoms with E-state index in [2.05, 4.69) is 22.2 Å². The minimum Gasteiger partial charge on any atom is -0.348 e. The van der Waals surface area contributed by atoms with Crippen LogP contribution in [0.5, 0.6) is 0 Å². The number of pyridine rings is 2. The molecule has 2 aromatic rings. The van der Waals surface area contributed by atoms with Crippen LogP contribution in [-0.2, 0) is 0 Å². The summed E-state index contributed by atoms with van der Waals surface area (Å²) in [6, 6.07) is 3.51. The van der Waals surface area contributed by atoms with Crippen LogP contribution in [0.25, 0.3) is 16.7 Å². The highest BCUT2D eigenvalue weighted by atomic mass is 16.2. The number of aryl methyl sites for hydroxylation is 1. The minimum atomic E-state index is -0.206. The number of aromatic nitrogens is 2. The van der Waals surface area contributed by atoms with Crippen molar-refractivity contribution in [2.75, 3.05) is 5.32 Å². The molecule has 2 aliphatic carbocycles. The molecule has 1 fully saturated rings. The van der Waals surface area contributed by atoms with Crippen LogP contribution in [0.15, 0.2) is 71.7 Å². The van der Waals surface area contributed by atoms with Crippen molar-refractivity contribution in [3.8, 4) is 0 Å². The number of carbonyl (C=O) groups excluding carboxylic acids is 1. The van der Waals surface area contributed by atoms with E-state index in [9.17, 15) is 9.59 Å². The fraction of sp³-hybridized carbons (Fsp3) is 0.240. The zero-order chi connectivity index (χ0) is 22.0.